The molecule has 1 aromatic heterocycles. The summed E-state index contributed by atoms with van der Waals surface area (Å²) < 4.78 is 27.7. The highest BCUT2D eigenvalue weighted by Crippen LogP contribution is 2.32. The van der Waals surface area contributed by atoms with Gasteiger partial charge in [0.05, 0.1) is 9.86 Å². The third-order valence-electron chi connectivity index (χ3n) is 2.81. The third kappa shape index (κ3) is 2.71. The third-order valence-corrected chi connectivity index (χ3v) is 6.47. The number of thiophene rings is 1. The summed E-state index contributed by atoms with van der Waals surface area (Å²) in [5, 5.41) is 9.15. The van der Waals surface area contributed by atoms with Crippen molar-refractivity contribution >= 4 is 37.3 Å². The van der Waals surface area contributed by atoms with Crippen LogP contribution in [0, 0.1) is 11.3 Å². The van der Waals surface area contributed by atoms with Gasteiger partial charge in [0, 0.05) is 0 Å². The molecule has 0 aliphatic heterocycles. The predicted octanol–water partition coefficient (Wildman–Crippen LogP) is 2.63. The van der Waals surface area contributed by atoms with Gasteiger partial charge in [-0.05, 0) is 40.9 Å². The zero-order valence-electron chi connectivity index (χ0n) is 8.94. The van der Waals surface area contributed by atoms with Crippen molar-refractivity contribution in [3.63, 3.8) is 0 Å². The maximum Gasteiger partial charge on any atom is 0.251 e. The van der Waals surface area contributed by atoms with Crippen LogP contribution in [-0.2, 0) is 10.0 Å². The second-order valence-electron chi connectivity index (χ2n) is 4.07. The van der Waals surface area contributed by atoms with E-state index < -0.39 is 15.6 Å². The smallest absolute Gasteiger partial charge is 0.206 e. The van der Waals surface area contributed by atoms with Crippen LogP contribution in [0.3, 0.4) is 0 Å². The van der Waals surface area contributed by atoms with Crippen molar-refractivity contribution < 1.29 is 8.42 Å². The molecule has 0 unspecified atom stereocenters. The summed E-state index contributed by atoms with van der Waals surface area (Å²) in [6, 6.07) is 5.34. The fourth-order valence-corrected chi connectivity index (χ4v) is 5.35. The molecule has 1 aliphatic carbocycles. The Labute approximate surface area is 113 Å². The second-order valence-corrected chi connectivity index (χ2v) is 8.44. The summed E-state index contributed by atoms with van der Waals surface area (Å²) in [4.78, 5) is 0. The van der Waals surface area contributed by atoms with Crippen LogP contribution in [0.1, 0.15) is 25.7 Å². The van der Waals surface area contributed by atoms with Gasteiger partial charge in [-0.15, -0.1) is 11.3 Å². The van der Waals surface area contributed by atoms with Gasteiger partial charge in [0.15, 0.2) is 0 Å². The van der Waals surface area contributed by atoms with Gasteiger partial charge in [-0.25, -0.2) is 8.42 Å². The van der Waals surface area contributed by atoms with E-state index in [0.717, 1.165) is 28.0 Å². The fraction of sp³-hybridized carbons (Fsp3) is 0.500. The number of rotatable bonds is 3. The molecule has 1 aromatic rings. The molecule has 0 atom stereocenters. The van der Waals surface area contributed by atoms with E-state index in [2.05, 4.69) is 26.7 Å². The molecular weight excluding hydrogens is 324 g/mol. The van der Waals surface area contributed by atoms with Crippen molar-refractivity contribution in [3.8, 4) is 6.07 Å². The van der Waals surface area contributed by atoms with Crippen LogP contribution in [0.4, 0.5) is 0 Å². The first kappa shape index (κ1) is 13.0. The number of nitriles is 1. The number of sulfonamides is 1. The number of halogens is 1. The molecule has 1 aliphatic rings. The van der Waals surface area contributed by atoms with E-state index in [4.69, 9.17) is 5.26 Å². The van der Waals surface area contributed by atoms with E-state index in [0.29, 0.717) is 12.8 Å². The number of hydrogen-bond donors (Lipinski definition) is 1. The Balaban J connectivity index is 2.26. The lowest BCUT2D eigenvalue weighted by molar-refractivity contribution is 0.486. The summed E-state index contributed by atoms with van der Waals surface area (Å²) in [7, 11) is -3.58. The Hall–Kier alpha value is -0.420. The highest BCUT2D eigenvalue weighted by molar-refractivity contribution is 9.11. The van der Waals surface area contributed by atoms with Crippen molar-refractivity contribution in [1.82, 2.24) is 4.72 Å². The maximum absolute atomic E-state index is 12.1. The largest absolute Gasteiger partial charge is 0.251 e. The zero-order valence-corrected chi connectivity index (χ0v) is 12.2. The van der Waals surface area contributed by atoms with Crippen LogP contribution < -0.4 is 4.72 Å². The van der Waals surface area contributed by atoms with Crippen molar-refractivity contribution in [3.05, 3.63) is 15.9 Å². The topological polar surface area (TPSA) is 70.0 Å². The van der Waals surface area contributed by atoms with Gasteiger partial charge >= 0.3 is 0 Å². The zero-order chi connectivity index (χ0) is 12.5. The lowest BCUT2D eigenvalue weighted by Gasteiger charge is -2.20. The summed E-state index contributed by atoms with van der Waals surface area (Å²) in [6.45, 7) is 0. The molecule has 2 rings (SSSR count). The molecule has 1 N–H and O–H groups in total. The van der Waals surface area contributed by atoms with Crippen LogP contribution in [0.15, 0.2) is 20.1 Å². The Morgan fingerprint density at radius 1 is 1.41 bits per heavy atom. The molecular formula is C10H11BrN2O2S2. The lowest BCUT2D eigenvalue weighted by Crippen LogP contribution is -2.44. The lowest BCUT2D eigenvalue weighted by atomic mass is 10.0. The van der Waals surface area contributed by atoms with Gasteiger partial charge in [-0.3, -0.25) is 0 Å². The fourth-order valence-electron chi connectivity index (χ4n) is 1.96. The van der Waals surface area contributed by atoms with Gasteiger partial charge in [0.1, 0.15) is 9.75 Å². The second kappa shape index (κ2) is 4.69. The van der Waals surface area contributed by atoms with Gasteiger partial charge in [0.25, 0.3) is 10.0 Å². The summed E-state index contributed by atoms with van der Waals surface area (Å²) >= 11 is 4.37. The molecule has 17 heavy (non-hydrogen) atoms. The van der Waals surface area contributed by atoms with E-state index in [1.165, 1.54) is 6.07 Å². The first-order valence-corrected chi connectivity index (χ1v) is 8.27. The number of nitrogens with one attached hydrogen (secondary N) is 1. The molecule has 0 bridgehead atoms. The van der Waals surface area contributed by atoms with Gasteiger partial charge < -0.3 is 0 Å². The summed E-state index contributed by atoms with van der Waals surface area (Å²) in [5.41, 5.74) is -0.907. The number of nitrogens with zero attached hydrogens (tertiary/aromatic N) is 1. The molecule has 0 radical (unpaired) electrons. The van der Waals surface area contributed by atoms with Gasteiger partial charge in [0.2, 0.25) is 0 Å². The Morgan fingerprint density at radius 2 is 2.06 bits per heavy atom. The van der Waals surface area contributed by atoms with E-state index in [1.54, 1.807) is 6.07 Å². The number of hydrogen-bond acceptors (Lipinski definition) is 4. The van der Waals surface area contributed by atoms with E-state index in [9.17, 15) is 8.42 Å². The van der Waals surface area contributed by atoms with Crippen LogP contribution in [-0.4, -0.2) is 14.0 Å². The molecule has 92 valence electrons. The van der Waals surface area contributed by atoms with E-state index in [1.807, 2.05) is 0 Å². The quantitative estimate of drug-likeness (QED) is 0.923. The maximum atomic E-state index is 12.1. The SMILES string of the molecule is N#CC1(NS(=O)(=O)c2ccc(Br)s2)CCCC1. The average molecular weight is 335 g/mol. The van der Waals surface area contributed by atoms with Crippen LogP contribution in [0.2, 0.25) is 0 Å². The monoisotopic (exact) mass is 334 g/mol. The molecule has 0 saturated heterocycles. The highest BCUT2D eigenvalue weighted by atomic mass is 79.9. The minimum absolute atomic E-state index is 0.242. The summed E-state index contributed by atoms with van der Waals surface area (Å²) in [5.74, 6) is 0. The van der Waals surface area contributed by atoms with Crippen molar-refractivity contribution in [1.29, 1.82) is 5.26 Å². The first-order chi connectivity index (χ1) is 7.97. The standard InChI is InChI=1S/C10H11BrN2O2S2/c11-8-3-4-9(16-8)17(14,15)13-10(7-12)5-1-2-6-10/h3-4,13H,1-2,5-6H2. The van der Waals surface area contributed by atoms with Crippen LogP contribution >= 0.6 is 27.3 Å². The van der Waals surface area contributed by atoms with E-state index in [-0.39, 0.29) is 4.21 Å². The van der Waals surface area contributed by atoms with Crippen LogP contribution in [0.25, 0.3) is 0 Å². The minimum Gasteiger partial charge on any atom is -0.206 e. The molecule has 1 fully saturated rings. The molecule has 1 saturated carbocycles. The Morgan fingerprint density at radius 3 is 2.53 bits per heavy atom. The molecule has 7 heteroatoms. The molecule has 0 spiro atoms. The normalized spacial score (nSPS) is 19.1. The van der Waals surface area contributed by atoms with Crippen LogP contribution in [0.5, 0.6) is 0 Å². The first-order valence-electron chi connectivity index (χ1n) is 5.18. The van der Waals surface area contributed by atoms with Crippen molar-refractivity contribution in [2.45, 2.75) is 35.4 Å². The summed E-state index contributed by atoms with van der Waals surface area (Å²) in [6.07, 6.45) is 2.97. The molecule has 0 aromatic carbocycles. The minimum atomic E-state index is -3.58. The Kier molecular flexibility index (Phi) is 3.59. The van der Waals surface area contributed by atoms with Gasteiger partial charge in [-0.2, -0.15) is 9.98 Å². The van der Waals surface area contributed by atoms with Crippen molar-refractivity contribution in [2.75, 3.05) is 0 Å². The molecule has 1 heterocycles. The average Bonchev–Trinajstić information content (AvgIpc) is 2.87. The Bertz CT molecular complexity index is 553. The molecule has 0 amide bonds. The van der Waals surface area contributed by atoms with Gasteiger partial charge in [-0.1, -0.05) is 12.8 Å². The molecule has 4 nitrogen and oxygen atoms in total. The predicted molar refractivity (Wildman–Crippen MR) is 69.2 cm³/mol. The van der Waals surface area contributed by atoms with Crippen molar-refractivity contribution in [2.24, 2.45) is 0 Å². The highest BCUT2D eigenvalue weighted by Gasteiger charge is 2.38. The van der Waals surface area contributed by atoms with E-state index >= 15 is 0 Å².